The van der Waals surface area contributed by atoms with Crippen molar-refractivity contribution >= 4 is 27.2 Å². The molecule has 6 rings (SSSR count). The Balaban J connectivity index is 1.43. The number of aromatic nitrogens is 4. The van der Waals surface area contributed by atoms with Crippen molar-refractivity contribution in [3.05, 3.63) is 70.6 Å². The number of nitrogens with zero attached hydrogens (tertiary/aromatic N) is 4. The molecule has 1 unspecified atom stereocenters. The van der Waals surface area contributed by atoms with E-state index in [1.165, 1.54) is 21.4 Å². The lowest BCUT2D eigenvalue weighted by molar-refractivity contribution is -0.929. The van der Waals surface area contributed by atoms with Gasteiger partial charge < -0.3 is 9.32 Å². The lowest BCUT2D eigenvalue weighted by Crippen LogP contribution is -3.10. The van der Waals surface area contributed by atoms with E-state index in [0.717, 1.165) is 42.4 Å². The number of fused-ring (bicyclic) bond motifs is 5. The lowest BCUT2D eigenvalue weighted by atomic mass is 10.0. The van der Waals surface area contributed by atoms with Gasteiger partial charge in [0, 0.05) is 12.0 Å². The van der Waals surface area contributed by atoms with Gasteiger partial charge in [-0.3, -0.25) is 0 Å². The Bertz CT molecular complexity index is 1320. The van der Waals surface area contributed by atoms with E-state index >= 15 is 0 Å². The summed E-state index contributed by atoms with van der Waals surface area (Å²) < 4.78 is 7.36. The molecule has 0 aliphatic carbocycles. The van der Waals surface area contributed by atoms with Gasteiger partial charge in [0.1, 0.15) is 23.7 Å². The zero-order valence-electron chi connectivity index (χ0n) is 16.1. The average Bonchev–Trinajstić information content (AvgIpc) is 3.46. The summed E-state index contributed by atoms with van der Waals surface area (Å²) in [5.74, 6) is 2.15. The van der Waals surface area contributed by atoms with Crippen LogP contribution < -0.4 is 4.90 Å². The second-order valence-electron chi connectivity index (χ2n) is 7.58. The molecule has 0 radical (unpaired) electrons. The van der Waals surface area contributed by atoms with E-state index < -0.39 is 0 Å². The van der Waals surface area contributed by atoms with Gasteiger partial charge in [-0.15, -0.1) is 16.4 Å². The zero-order chi connectivity index (χ0) is 19.4. The molecule has 0 bridgehead atoms. The van der Waals surface area contributed by atoms with Crippen LogP contribution in [0.15, 0.2) is 53.1 Å². The smallest absolute Gasteiger partial charge is 0.217 e. The third-order valence-electron chi connectivity index (χ3n) is 5.65. The standard InChI is InChI=1S/C22H19N5OS/c1-14-23-22-19(21-24-20(25-27(14)21)17-8-5-11-28-17)16-9-10-26(13-18(16)29-22)12-15-6-3-2-4-7-15/h2-8,11H,9-10,12-13H2,1H3/p+1. The zero-order valence-corrected chi connectivity index (χ0v) is 16.9. The number of quaternary nitrogens is 1. The Morgan fingerprint density at radius 1 is 1.14 bits per heavy atom. The van der Waals surface area contributed by atoms with Gasteiger partial charge in [-0.05, 0) is 24.6 Å². The maximum absolute atomic E-state index is 5.51. The molecule has 29 heavy (non-hydrogen) atoms. The highest BCUT2D eigenvalue weighted by atomic mass is 32.1. The Morgan fingerprint density at radius 3 is 2.86 bits per heavy atom. The van der Waals surface area contributed by atoms with Crippen LogP contribution in [-0.4, -0.2) is 26.1 Å². The van der Waals surface area contributed by atoms with Crippen LogP contribution in [0.5, 0.6) is 0 Å². The van der Waals surface area contributed by atoms with E-state index in [9.17, 15) is 0 Å². The summed E-state index contributed by atoms with van der Waals surface area (Å²) in [5, 5.41) is 5.82. The Morgan fingerprint density at radius 2 is 2.03 bits per heavy atom. The third kappa shape index (κ3) is 2.77. The Kier molecular flexibility index (Phi) is 3.79. The summed E-state index contributed by atoms with van der Waals surface area (Å²) in [7, 11) is 0. The van der Waals surface area contributed by atoms with Crippen molar-refractivity contribution in [2.45, 2.75) is 26.4 Å². The van der Waals surface area contributed by atoms with E-state index in [1.807, 2.05) is 34.9 Å². The van der Waals surface area contributed by atoms with Gasteiger partial charge in [-0.2, -0.15) is 4.52 Å². The van der Waals surface area contributed by atoms with Crippen LogP contribution in [0.4, 0.5) is 0 Å². The van der Waals surface area contributed by atoms with Crippen molar-refractivity contribution in [1.82, 2.24) is 19.6 Å². The summed E-state index contributed by atoms with van der Waals surface area (Å²) in [5.41, 5.74) is 3.68. The summed E-state index contributed by atoms with van der Waals surface area (Å²) in [6.07, 6.45) is 2.69. The van der Waals surface area contributed by atoms with Crippen LogP contribution in [0.2, 0.25) is 0 Å². The van der Waals surface area contributed by atoms with Gasteiger partial charge in [0.2, 0.25) is 5.82 Å². The minimum Gasteiger partial charge on any atom is -0.461 e. The van der Waals surface area contributed by atoms with E-state index in [4.69, 9.17) is 14.4 Å². The normalized spacial score (nSPS) is 16.5. The first-order chi connectivity index (χ1) is 14.3. The van der Waals surface area contributed by atoms with Crippen LogP contribution in [0.3, 0.4) is 0 Å². The lowest BCUT2D eigenvalue weighted by Gasteiger charge is -2.24. The van der Waals surface area contributed by atoms with Crippen molar-refractivity contribution in [3.8, 4) is 11.6 Å². The maximum Gasteiger partial charge on any atom is 0.217 e. The Hall–Kier alpha value is -3.03. The number of rotatable bonds is 3. The molecule has 6 nitrogen and oxygen atoms in total. The second-order valence-corrected chi connectivity index (χ2v) is 8.66. The van der Waals surface area contributed by atoms with Crippen LogP contribution in [0.1, 0.15) is 21.8 Å². The fourth-order valence-electron chi connectivity index (χ4n) is 4.27. The first-order valence-corrected chi connectivity index (χ1v) is 10.7. The molecule has 1 atom stereocenters. The fourth-order valence-corrected chi connectivity index (χ4v) is 5.60. The number of benzene rings is 1. The highest BCUT2D eigenvalue weighted by molar-refractivity contribution is 7.19. The largest absolute Gasteiger partial charge is 0.461 e. The van der Waals surface area contributed by atoms with Crippen molar-refractivity contribution in [1.29, 1.82) is 0 Å². The highest BCUT2D eigenvalue weighted by Crippen LogP contribution is 2.34. The molecule has 4 aromatic heterocycles. The number of furan rings is 1. The van der Waals surface area contributed by atoms with Crippen LogP contribution in [-0.2, 0) is 19.5 Å². The molecule has 5 aromatic rings. The number of nitrogens with one attached hydrogen (secondary N) is 1. The van der Waals surface area contributed by atoms with E-state index in [2.05, 4.69) is 35.4 Å². The van der Waals surface area contributed by atoms with Crippen molar-refractivity contribution in [3.63, 3.8) is 0 Å². The Labute approximate surface area is 171 Å². The molecule has 0 spiro atoms. The predicted octanol–water partition coefficient (Wildman–Crippen LogP) is 3.05. The quantitative estimate of drug-likeness (QED) is 0.504. The van der Waals surface area contributed by atoms with Gasteiger partial charge in [-0.25, -0.2) is 9.97 Å². The molecule has 1 aromatic carbocycles. The SMILES string of the molecule is Cc1nc2sc3c(c2c2nc(-c4ccco4)nn12)CC[NH+](Cc1ccccc1)C3. The molecule has 1 aliphatic heterocycles. The van der Waals surface area contributed by atoms with Crippen LogP contribution in [0.25, 0.3) is 27.4 Å². The molecule has 0 saturated carbocycles. The molecule has 0 fully saturated rings. The van der Waals surface area contributed by atoms with Gasteiger partial charge >= 0.3 is 0 Å². The third-order valence-corrected chi connectivity index (χ3v) is 6.78. The second kappa shape index (κ2) is 6.50. The number of thiophene rings is 1. The molecule has 7 heteroatoms. The van der Waals surface area contributed by atoms with E-state index in [1.54, 1.807) is 11.2 Å². The molecule has 0 amide bonds. The topological polar surface area (TPSA) is 60.7 Å². The monoisotopic (exact) mass is 402 g/mol. The summed E-state index contributed by atoms with van der Waals surface area (Å²) in [6.45, 7) is 5.20. The molecule has 0 saturated heterocycles. The van der Waals surface area contributed by atoms with Crippen molar-refractivity contribution in [2.75, 3.05) is 6.54 Å². The number of aryl methyl sites for hydroxylation is 1. The van der Waals surface area contributed by atoms with E-state index in [0.29, 0.717) is 11.6 Å². The summed E-state index contributed by atoms with van der Waals surface area (Å²) in [4.78, 5) is 13.8. The van der Waals surface area contributed by atoms with Crippen molar-refractivity contribution in [2.24, 2.45) is 0 Å². The first kappa shape index (κ1) is 16.9. The molecule has 5 heterocycles. The average molecular weight is 403 g/mol. The summed E-state index contributed by atoms with van der Waals surface area (Å²) in [6, 6.07) is 14.5. The fraction of sp³-hybridized carbons (Fsp3) is 0.227. The summed E-state index contributed by atoms with van der Waals surface area (Å²) >= 11 is 1.81. The molecular formula is C22H20N5OS+. The molecule has 1 N–H and O–H groups in total. The minimum atomic E-state index is 0.611. The molecule has 1 aliphatic rings. The van der Waals surface area contributed by atoms with Crippen LogP contribution in [0, 0.1) is 6.92 Å². The van der Waals surface area contributed by atoms with Crippen molar-refractivity contribution < 1.29 is 9.32 Å². The van der Waals surface area contributed by atoms with Gasteiger partial charge in [0.15, 0.2) is 11.4 Å². The highest BCUT2D eigenvalue weighted by Gasteiger charge is 2.27. The van der Waals surface area contributed by atoms with E-state index in [-0.39, 0.29) is 0 Å². The molecule has 144 valence electrons. The maximum atomic E-state index is 5.51. The molecular weight excluding hydrogens is 382 g/mol. The number of hydrogen-bond acceptors (Lipinski definition) is 5. The van der Waals surface area contributed by atoms with Gasteiger partial charge in [0.25, 0.3) is 0 Å². The van der Waals surface area contributed by atoms with Gasteiger partial charge in [0.05, 0.1) is 23.1 Å². The number of hydrogen-bond donors (Lipinski definition) is 1. The van der Waals surface area contributed by atoms with Gasteiger partial charge in [-0.1, -0.05) is 30.3 Å². The predicted molar refractivity (Wildman–Crippen MR) is 112 cm³/mol. The first-order valence-electron chi connectivity index (χ1n) is 9.85. The van der Waals surface area contributed by atoms with Crippen LogP contribution >= 0.6 is 11.3 Å². The minimum absolute atomic E-state index is 0.611.